The summed E-state index contributed by atoms with van der Waals surface area (Å²) >= 11 is 0. The molecule has 3 aromatic carbocycles. The Morgan fingerprint density at radius 2 is 1.71 bits per heavy atom. The first-order valence-electron chi connectivity index (χ1n) is 10.8. The van der Waals surface area contributed by atoms with Crippen LogP contribution in [0.1, 0.15) is 24.5 Å². The van der Waals surface area contributed by atoms with Gasteiger partial charge in [-0.1, -0.05) is 37.3 Å². The summed E-state index contributed by atoms with van der Waals surface area (Å²) in [5, 5.41) is 12.0. The highest BCUT2D eigenvalue weighted by atomic mass is 16.6. The van der Waals surface area contributed by atoms with Gasteiger partial charge in [0.1, 0.15) is 5.41 Å². The number of H-pyrrole nitrogens is 1. The molecule has 0 aliphatic rings. The number of amides is 1. The predicted octanol–water partition coefficient (Wildman–Crippen LogP) is 4.94. The highest BCUT2D eigenvalue weighted by Crippen LogP contribution is 2.46. The maximum absolute atomic E-state index is 13.3. The maximum atomic E-state index is 13.3. The second-order valence-electron chi connectivity index (χ2n) is 7.92. The molecule has 0 aliphatic heterocycles. The van der Waals surface area contributed by atoms with Crippen LogP contribution < -0.4 is 15.2 Å². The standard InChI is InChI=1S/C26H25N3O5/c1-4-26(25(27)30,17-10-12-18(13-11-17)29(31)32)23-19-7-5-6-8-20(19)28-24(23)16-9-14-21(33-2)22(15-16)34-3/h5-15,28H,4H2,1-3H3,(H2,27,30). The van der Waals surface area contributed by atoms with E-state index in [2.05, 4.69) is 4.98 Å². The van der Waals surface area contributed by atoms with E-state index in [9.17, 15) is 14.9 Å². The van der Waals surface area contributed by atoms with Crippen molar-refractivity contribution in [2.45, 2.75) is 18.8 Å². The average Bonchev–Trinajstić information content (AvgIpc) is 3.24. The van der Waals surface area contributed by atoms with Crippen LogP contribution in [0.5, 0.6) is 11.5 Å². The Bertz CT molecular complexity index is 1380. The molecule has 1 aromatic heterocycles. The van der Waals surface area contributed by atoms with Crippen molar-refractivity contribution in [3.8, 4) is 22.8 Å². The summed E-state index contributed by atoms with van der Waals surface area (Å²) in [4.78, 5) is 27.4. The summed E-state index contributed by atoms with van der Waals surface area (Å²) in [7, 11) is 3.13. The third-order valence-corrected chi connectivity index (χ3v) is 6.33. The van der Waals surface area contributed by atoms with E-state index < -0.39 is 16.2 Å². The molecule has 8 heteroatoms. The van der Waals surface area contributed by atoms with E-state index in [1.165, 1.54) is 12.1 Å². The maximum Gasteiger partial charge on any atom is 0.269 e. The molecule has 1 amide bonds. The third-order valence-electron chi connectivity index (χ3n) is 6.33. The monoisotopic (exact) mass is 459 g/mol. The molecule has 0 fully saturated rings. The van der Waals surface area contributed by atoms with Crippen molar-refractivity contribution in [3.63, 3.8) is 0 Å². The van der Waals surface area contributed by atoms with Crippen molar-refractivity contribution in [2.24, 2.45) is 5.73 Å². The molecule has 1 atom stereocenters. The van der Waals surface area contributed by atoms with E-state index in [1.807, 2.05) is 43.3 Å². The molecule has 0 radical (unpaired) electrons. The number of fused-ring (bicyclic) bond motifs is 1. The van der Waals surface area contributed by atoms with Crippen molar-refractivity contribution >= 4 is 22.5 Å². The summed E-state index contributed by atoms with van der Waals surface area (Å²) in [6.45, 7) is 1.88. The molecular formula is C26H25N3O5. The zero-order chi connectivity index (χ0) is 24.5. The van der Waals surface area contributed by atoms with Gasteiger partial charge < -0.3 is 20.2 Å². The highest BCUT2D eigenvalue weighted by Gasteiger charge is 2.43. The number of nitrogens with two attached hydrogens (primary N) is 1. The van der Waals surface area contributed by atoms with E-state index in [-0.39, 0.29) is 5.69 Å². The van der Waals surface area contributed by atoms with E-state index in [0.29, 0.717) is 34.7 Å². The van der Waals surface area contributed by atoms with Gasteiger partial charge in [-0.05, 0) is 36.2 Å². The average molecular weight is 460 g/mol. The van der Waals surface area contributed by atoms with E-state index in [1.54, 1.807) is 32.4 Å². The molecule has 0 saturated heterocycles. The molecule has 174 valence electrons. The number of rotatable bonds is 8. The Morgan fingerprint density at radius 1 is 1.03 bits per heavy atom. The number of ether oxygens (including phenoxy) is 2. The molecule has 1 unspecified atom stereocenters. The van der Waals surface area contributed by atoms with Crippen LogP contribution in [-0.4, -0.2) is 30.0 Å². The summed E-state index contributed by atoms with van der Waals surface area (Å²) in [5.41, 5.74) is 8.43. The fourth-order valence-corrected chi connectivity index (χ4v) is 4.63. The summed E-state index contributed by atoms with van der Waals surface area (Å²) < 4.78 is 10.9. The fraction of sp³-hybridized carbons (Fsp3) is 0.192. The lowest BCUT2D eigenvalue weighted by atomic mass is 9.70. The van der Waals surface area contributed by atoms with E-state index >= 15 is 0 Å². The number of primary amides is 1. The molecule has 34 heavy (non-hydrogen) atoms. The number of nitrogens with zero attached hydrogens (tertiary/aromatic N) is 1. The number of benzene rings is 3. The van der Waals surface area contributed by atoms with Gasteiger partial charge in [-0.25, -0.2) is 0 Å². The number of carbonyl (C=O) groups is 1. The molecule has 0 aliphatic carbocycles. The van der Waals surface area contributed by atoms with Gasteiger partial charge in [0.2, 0.25) is 5.91 Å². The largest absolute Gasteiger partial charge is 0.493 e. The lowest BCUT2D eigenvalue weighted by molar-refractivity contribution is -0.384. The topological polar surface area (TPSA) is 120 Å². The number of aromatic nitrogens is 1. The van der Waals surface area contributed by atoms with Crippen LogP contribution >= 0.6 is 0 Å². The zero-order valence-electron chi connectivity index (χ0n) is 19.1. The smallest absolute Gasteiger partial charge is 0.269 e. The van der Waals surface area contributed by atoms with Gasteiger partial charge >= 0.3 is 0 Å². The zero-order valence-corrected chi connectivity index (χ0v) is 19.1. The fourth-order valence-electron chi connectivity index (χ4n) is 4.63. The van der Waals surface area contributed by atoms with Gasteiger partial charge in [0, 0.05) is 34.2 Å². The van der Waals surface area contributed by atoms with Crippen molar-refractivity contribution in [1.29, 1.82) is 0 Å². The van der Waals surface area contributed by atoms with Crippen LogP contribution in [-0.2, 0) is 10.2 Å². The van der Waals surface area contributed by atoms with Crippen molar-refractivity contribution in [2.75, 3.05) is 14.2 Å². The summed E-state index contributed by atoms with van der Waals surface area (Å²) in [5.74, 6) is 0.576. The number of non-ortho nitro benzene ring substituents is 1. The first-order chi connectivity index (χ1) is 16.4. The minimum absolute atomic E-state index is 0.0581. The highest BCUT2D eigenvalue weighted by molar-refractivity contribution is 6.02. The number of hydrogen-bond donors (Lipinski definition) is 2. The second-order valence-corrected chi connectivity index (χ2v) is 7.92. The predicted molar refractivity (Wildman–Crippen MR) is 130 cm³/mol. The quantitative estimate of drug-likeness (QED) is 0.286. The number of nitrogens with one attached hydrogen (secondary N) is 1. The number of nitro benzene ring substituents is 1. The molecule has 1 heterocycles. The van der Waals surface area contributed by atoms with Crippen LogP contribution in [0.25, 0.3) is 22.2 Å². The first kappa shape index (κ1) is 22.8. The molecule has 4 aromatic rings. The van der Waals surface area contributed by atoms with Gasteiger partial charge in [0.25, 0.3) is 5.69 Å². The lowest BCUT2D eigenvalue weighted by Crippen LogP contribution is -2.42. The molecule has 8 nitrogen and oxygen atoms in total. The number of nitro groups is 1. The molecule has 0 bridgehead atoms. The Kier molecular flexibility index (Phi) is 5.98. The molecule has 0 spiro atoms. The van der Waals surface area contributed by atoms with Gasteiger partial charge in [0.05, 0.1) is 24.8 Å². The number of carbonyl (C=O) groups excluding carboxylic acids is 1. The van der Waals surface area contributed by atoms with Crippen LogP contribution in [0, 0.1) is 10.1 Å². The van der Waals surface area contributed by atoms with Crippen LogP contribution in [0.4, 0.5) is 5.69 Å². The molecular weight excluding hydrogens is 434 g/mol. The Morgan fingerprint density at radius 3 is 2.29 bits per heavy atom. The first-order valence-corrected chi connectivity index (χ1v) is 10.8. The lowest BCUT2D eigenvalue weighted by Gasteiger charge is -2.31. The van der Waals surface area contributed by atoms with E-state index in [4.69, 9.17) is 15.2 Å². The SMILES string of the molecule is CCC(C(N)=O)(c1ccc([N+](=O)[O-])cc1)c1c(-c2ccc(OC)c(OC)c2)[nH]c2ccccc12. The van der Waals surface area contributed by atoms with E-state index in [0.717, 1.165) is 16.5 Å². The van der Waals surface area contributed by atoms with Gasteiger partial charge in [-0.3, -0.25) is 14.9 Å². The summed E-state index contributed by atoms with van der Waals surface area (Å²) in [6.07, 6.45) is 0.349. The number of hydrogen-bond acceptors (Lipinski definition) is 5. The van der Waals surface area contributed by atoms with Gasteiger partial charge in [0.15, 0.2) is 11.5 Å². The second kappa shape index (κ2) is 8.90. The Balaban J connectivity index is 2.06. The molecule has 3 N–H and O–H groups in total. The number of aromatic amines is 1. The molecule has 4 rings (SSSR count). The van der Waals surface area contributed by atoms with Gasteiger partial charge in [-0.15, -0.1) is 0 Å². The third kappa shape index (κ3) is 3.53. The Labute approximate surface area is 196 Å². The van der Waals surface area contributed by atoms with Crippen LogP contribution in [0.3, 0.4) is 0 Å². The van der Waals surface area contributed by atoms with Crippen molar-refractivity contribution < 1.29 is 19.2 Å². The van der Waals surface area contributed by atoms with Crippen molar-refractivity contribution in [3.05, 3.63) is 88.0 Å². The molecule has 0 saturated carbocycles. The van der Waals surface area contributed by atoms with Crippen molar-refractivity contribution in [1.82, 2.24) is 4.98 Å². The minimum atomic E-state index is -1.24. The van der Waals surface area contributed by atoms with Crippen LogP contribution in [0.15, 0.2) is 66.7 Å². The normalized spacial score (nSPS) is 12.8. The Hall–Kier alpha value is -4.33. The summed E-state index contributed by atoms with van der Waals surface area (Å²) in [6, 6.07) is 19.2. The minimum Gasteiger partial charge on any atom is -0.493 e. The van der Waals surface area contributed by atoms with Crippen LogP contribution in [0.2, 0.25) is 0 Å². The number of para-hydroxylation sites is 1. The van der Waals surface area contributed by atoms with Gasteiger partial charge in [-0.2, -0.15) is 0 Å². The number of methoxy groups -OCH3 is 2.